The Morgan fingerprint density at radius 1 is 1.28 bits per heavy atom. The van der Waals surface area contributed by atoms with Crippen LogP contribution in [0, 0.1) is 10.8 Å². The number of rotatable bonds is 3. The summed E-state index contributed by atoms with van der Waals surface area (Å²) >= 11 is 0. The maximum absolute atomic E-state index is 12.3. The largest absolute Gasteiger partial charge is 0.381 e. The van der Waals surface area contributed by atoms with E-state index in [0.29, 0.717) is 0 Å². The molecule has 0 aromatic rings. The molecule has 0 aromatic carbocycles. The predicted octanol–water partition coefficient (Wildman–Crippen LogP) is 1.31. The van der Waals surface area contributed by atoms with Crippen LogP contribution < -0.4 is 10.6 Å². The first-order chi connectivity index (χ1) is 8.54. The highest BCUT2D eigenvalue weighted by Crippen LogP contribution is 2.30. The van der Waals surface area contributed by atoms with Gasteiger partial charge < -0.3 is 15.4 Å². The van der Waals surface area contributed by atoms with Gasteiger partial charge >= 0.3 is 0 Å². The van der Waals surface area contributed by atoms with Crippen LogP contribution in [0.3, 0.4) is 0 Å². The highest BCUT2D eigenvalue weighted by molar-refractivity contribution is 5.82. The first-order valence-electron chi connectivity index (χ1n) is 7.11. The van der Waals surface area contributed by atoms with Crippen molar-refractivity contribution in [3.63, 3.8) is 0 Å². The Bertz CT molecular complexity index is 292. The minimum atomic E-state index is -0.222. The van der Waals surface area contributed by atoms with Crippen LogP contribution in [0.2, 0.25) is 0 Å². The predicted molar refractivity (Wildman–Crippen MR) is 71.4 cm³/mol. The average molecular weight is 254 g/mol. The minimum Gasteiger partial charge on any atom is -0.381 e. The SMILES string of the molecule is CC1(CNC(=O)C2(C)CCCNC2)CCOCC1. The van der Waals surface area contributed by atoms with Gasteiger partial charge in [-0.25, -0.2) is 0 Å². The number of nitrogens with one attached hydrogen (secondary N) is 2. The van der Waals surface area contributed by atoms with Crippen LogP contribution in [-0.4, -0.2) is 38.8 Å². The van der Waals surface area contributed by atoms with Gasteiger partial charge in [-0.3, -0.25) is 4.79 Å². The van der Waals surface area contributed by atoms with Gasteiger partial charge in [-0.1, -0.05) is 6.92 Å². The summed E-state index contributed by atoms with van der Waals surface area (Å²) in [5.74, 6) is 0.211. The van der Waals surface area contributed by atoms with Crippen molar-refractivity contribution >= 4 is 5.91 Å². The highest BCUT2D eigenvalue weighted by atomic mass is 16.5. The van der Waals surface area contributed by atoms with E-state index >= 15 is 0 Å². The molecule has 4 nitrogen and oxygen atoms in total. The summed E-state index contributed by atoms with van der Waals surface area (Å²) in [4.78, 5) is 12.3. The Morgan fingerprint density at radius 3 is 2.61 bits per heavy atom. The van der Waals surface area contributed by atoms with Crippen molar-refractivity contribution in [1.82, 2.24) is 10.6 Å². The van der Waals surface area contributed by atoms with Crippen LogP contribution in [0.25, 0.3) is 0 Å². The number of hydrogen-bond acceptors (Lipinski definition) is 3. The van der Waals surface area contributed by atoms with Gasteiger partial charge in [-0.15, -0.1) is 0 Å². The van der Waals surface area contributed by atoms with Gasteiger partial charge in [0.15, 0.2) is 0 Å². The molecule has 2 aliphatic heterocycles. The van der Waals surface area contributed by atoms with Crippen molar-refractivity contribution < 1.29 is 9.53 Å². The van der Waals surface area contributed by atoms with E-state index in [4.69, 9.17) is 4.74 Å². The van der Waals surface area contributed by atoms with E-state index in [1.165, 1.54) is 0 Å². The summed E-state index contributed by atoms with van der Waals surface area (Å²) in [5.41, 5.74) is -0.00780. The molecular weight excluding hydrogens is 228 g/mol. The van der Waals surface area contributed by atoms with Gasteiger partial charge in [-0.05, 0) is 44.6 Å². The zero-order valence-electron chi connectivity index (χ0n) is 11.7. The Kier molecular flexibility index (Phi) is 4.28. The molecule has 1 unspecified atom stereocenters. The molecule has 0 aliphatic carbocycles. The van der Waals surface area contributed by atoms with Crippen LogP contribution >= 0.6 is 0 Å². The van der Waals surface area contributed by atoms with E-state index in [0.717, 1.165) is 58.5 Å². The van der Waals surface area contributed by atoms with Crippen molar-refractivity contribution in [2.75, 3.05) is 32.8 Å². The summed E-state index contributed by atoms with van der Waals surface area (Å²) in [6.07, 6.45) is 4.17. The van der Waals surface area contributed by atoms with E-state index in [-0.39, 0.29) is 16.7 Å². The van der Waals surface area contributed by atoms with Gasteiger partial charge in [-0.2, -0.15) is 0 Å². The molecule has 0 aromatic heterocycles. The van der Waals surface area contributed by atoms with Gasteiger partial charge in [0.25, 0.3) is 0 Å². The van der Waals surface area contributed by atoms with Crippen LogP contribution in [0.1, 0.15) is 39.5 Å². The highest BCUT2D eigenvalue weighted by Gasteiger charge is 2.36. The number of piperidine rings is 1. The maximum atomic E-state index is 12.3. The zero-order chi connectivity index (χ0) is 13.1. The second-order valence-electron chi connectivity index (χ2n) is 6.45. The van der Waals surface area contributed by atoms with E-state index in [9.17, 15) is 4.79 Å². The molecule has 1 amide bonds. The summed E-state index contributed by atoms with van der Waals surface area (Å²) in [6, 6.07) is 0. The summed E-state index contributed by atoms with van der Waals surface area (Å²) in [7, 11) is 0. The molecule has 2 rings (SSSR count). The summed E-state index contributed by atoms with van der Waals surface area (Å²) in [5, 5.41) is 6.49. The quantitative estimate of drug-likeness (QED) is 0.798. The van der Waals surface area contributed by atoms with E-state index in [1.807, 2.05) is 0 Å². The Labute approximate surface area is 110 Å². The second-order valence-corrected chi connectivity index (χ2v) is 6.45. The summed E-state index contributed by atoms with van der Waals surface area (Å²) in [6.45, 7) is 8.59. The van der Waals surface area contributed by atoms with E-state index in [2.05, 4.69) is 24.5 Å². The monoisotopic (exact) mass is 254 g/mol. The lowest BCUT2D eigenvalue weighted by atomic mass is 9.80. The second kappa shape index (κ2) is 5.57. The lowest BCUT2D eigenvalue weighted by Crippen LogP contribution is -2.51. The average Bonchev–Trinajstić information content (AvgIpc) is 2.38. The third kappa shape index (κ3) is 3.23. The normalized spacial score (nSPS) is 31.9. The summed E-state index contributed by atoms with van der Waals surface area (Å²) < 4.78 is 5.39. The number of carbonyl (C=O) groups is 1. The maximum Gasteiger partial charge on any atom is 0.227 e. The van der Waals surface area contributed by atoms with Crippen molar-refractivity contribution in [3.05, 3.63) is 0 Å². The fourth-order valence-electron chi connectivity index (χ4n) is 2.80. The molecule has 0 spiro atoms. The fourth-order valence-corrected chi connectivity index (χ4v) is 2.80. The smallest absolute Gasteiger partial charge is 0.227 e. The van der Waals surface area contributed by atoms with Crippen LogP contribution in [0.5, 0.6) is 0 Å². The van der Waals surface area contributed by atoms with Crippen LogP contribution in [0.15, 0.2) is 0 Å². The Balaban J connectivity index is 1.83. The zero-order valence-corrected chi connectivity index (χ0v) is 11.7. The van der Waals surface area contributed by atoms with Crippen molar-refractivity contribution in [2.45, 2.75) is 39.5 Å². The van der Waals surface area contributed by atoms with Gasteiger partial charge in [0.05, 0.1) is 5.41 Å². The molecule has 2 fully saturated rings. The molecule has 0 radical (unpaired) electrons. The topological polar surface area (TPSA) is 50.4 Å². The lowest BCUT2D eigenvalue weighted by Gasteiger charge is -2.37. The Hall–Kier alpha value is -0.610. The lowest BCUT2D eigenvalue weighted by molar-refractivity contribution is -0.132. The number of amides is 1. The molecule has 2 heterocycles. The molecule has 4 heteroatoms. The van der Waals surface area contributed by atoms with Crippen molar-refractivity contribution in [2.24, 2.45) is 10.8 Å². The molecule has 2 saturated heterocycles. The molecule has 104 valence electrons. The molecule has 0 bridgehead atoms. The molecule has 0 saturated carbocycles. The van der Waals surface area contributed by atoms with Crippen molar-refractivity contribution in [1.29, 1.82) is 0 Å². The van der Waals surface area contributed by atoms with E-state index < -0.39 is 0 Å². The third-order valence-corrected chi connectivity index (χ3v) is 4.52. The number of ether oxygens (including phenoxy) is 1. The molecule has 2 aliphatic rings. The number of carbonyl (C=O) groups excluding carboxylic acids is 1. The fraction of sp³-hybridized carbons (Fsp3) is 0.929. The molecular formula is C14H26N2O2. The van der Waals surface area contributed by atoms with Crippen LogP contribution in [-0.2, 0) is 9.53 Å². The molecule has 1 atom stereocenters. The van der Waals surface area contributed by atoms with Gasteiger partial charge in [0.2, 0.25) is 5.91 Å². The first kappa shape index (κ1) is 13.8. The third-order valence-electron chi connectivity index (χ3n) is 4.52. The molecule has 18 heavy (non-hydrogen) atoms. The van der Waals surface area contributed by atoms with Crippen molar-refractivity contribution in [3.8, 4) is 0 Å². The van der Waals surface area contributed by atoms with Gasteiger partial charge in [0.1, 0.15) is 0 Å². The number of hydrogen-bond donors (Lipinski definition) is 2. The first-order valence-corrected chi connectivity index (χ1v) is 7.11. The van der Waals surface area contributed by atoms with Gasteiger partial charge in [0, 0.05) is 26.3 Å². The molecule has 2 N–H and O–H groups in total. The standard InChI is InChI=1S/C14H26N2O2/c1-13(5-8-18-9-6-13)10-16-12(17)14(2)4-3-7-15-11-14/h15H,3-11H2,1-2H3,(H,16,17). The van der Waals surface area contributed by atoms with Crippen LogP contribution in [0.4, 0.5) is 0 Å². The minimum absolute atomic E-state index is 0.211. The Morgan fingerprint density at radius 2 is 2.00 bits per heavy atom. The van der Waals surface area contributed by atoms with E-state index in [1.54, 1.807) is 0 Å².